The largest absolute Gasteiger partial charge is 0.308 e. The molecule has 2 N–H and O–H groups in total. The number of imide groups is 1. The Labute approximate surface area is 92.4 Å². The van der Waals surface area contributed by atoms with Crippen molar-refractivity contribution in [3.8, 4) is 0 Å². The zero-order chi connectivity index (χ0) is 12.1. The molecule has 1 aromatic carbocycles. The van der Waals surface area contributed by atoms with Crippen molar-refractivity contribution in [3.63, 3.8) is 0 Å². The highest BCUT2D eigenvalue weighted by Gasteiger charge is 2.35. The molecule has 1 aliphatic rings. The molecule has 0 fully saturated rings. The van der Waals surface area contributed by atoms with E-state index in [0.717, 1.165) is 5.06 Å². The number of hydrogen-bond acceptors (Lipinski definition) is 5. The Morgan fingerprint density at radius 3 is 1.75 bits per heavy atom. The molecule has 1 aromatic rings. The zero-order valence-electron chi connectivity index (χ0n) is 8.97. The quantitative estimate of drug-likeness (QED) is 0.549. The molecule has 1 aliphatic heterocycles. The van der Waals surface area contributed by atoms with Gasteiger partial charge in [0.2, 0.25) is 0 Å². The summed E-state index contributed by atoms with van der Waals surface area (Å²) in [5.41, 5.74) is 0.795. The predicted molar refractivity (Wildman–Crippen MR) is 55.1 cm³/mol. The van der Waals surface area contributed by atoms with E-state index in [4.69, 9.17) is 0 Å². The third-order valence-corrected chi connectivity index (χ3v) is 1.94. The Hall–Kier alpha value is -1.76. The van der Waals surface area contributed by atoms with Gasteiger partial charge in [0.05, 0.1) is 25.3 Å². The lowest BCUT2D eigenvalue weighted by atomic mass is 10.1. The summed E-state index contributed by atoms with van der Waals surface area (Å²) in [4.78, 5) is 31.2. The first-order chi connectivity index (χ1) is 7.67. The summed E-state index contributed by atoms with van der Waals surface area (Å²) in [6.45, 7) is 0. The van der Waals surface area contributed by atoms with Gasteiger partial charge in [-0.3, -0.25) is 14.4 Å². The predicted octanol–water partition coefficient (Wildman–Crippen LogP) is 0.350. The number of nitrogens with two attached hydrogens (primary N) is 1. The lowest BCUT2D eigenvalue weighted by Gasteiger charge is -2.07. The second kappa shape index (κ2) is 5.36. The maximum Gasteiger partial charge on any atom is 0.285 e. The molecular weight excluding hydrogens is 212 g/mol. The van der Waals surface area contributed by atoms with Gasteiger partial charge in [-0.2, -0.15) is 0 Å². The van der Waals surface area contributed by atoms with Crippen LogP contribution in [0.5, 0.6) is 0 Å². The summed E-state index contributed by atoms with van der Waals surface area (Å²) >= 11 is 0. The van der Waals surface area contributed by atoms with E-state index in [1.807, 2.05) is 0 Å². The van der Waals surface area contributed by atoms with Crippen LogP contribution >= 0.6 is 0 Å². The molecule has 86 valence electrons. The Kier molecular flexibility index (Phi) is 4.12. The van der Waals surface area contributed by atoms with Crippen molar-refractivity contribution in [1.82, 2.24) is 5.06 Å². The van der Waals surface area contributed by atoms with Crippen LogP contribution in [0.2, 0.25) is 0 Å². The molecule has 0 saturated carbocycles. The molecule has 2 amide bonds. The Morgan fingerprint density at radius 2 is 1.44 bits per heavy atom. The van der Waals surface area contributed by atoms with Crippen LogP contribution in [0, 0.1) is 0 Å². The molecule has 0 aromatic heterocycles. The van der Waals surface area contributed by atoms with Crippen LogP contribution < -0.4 is 5.90 Å². The van der Waals surface area contributed by atoms with Crippen LogP contribution in [0.15, 0.2) is 24.3 Å². The summed E-state index contributed by atoms with van der Waals surface area (Å²) in [5.74, 6) is 3.55. The van der Waals surface area contributed by atoms with Gasteiger partial charge in [-0.15, -0.1) is 5.06 Å². The van der Waals surface area contributed by atoms with Crippen LogP contribution in [0.3, 0.4) is 0 Å². The van der Waals surface area contributed by atoms with Crippen molar-refractivity contribution in [2.24, 2.45) is 5.90 Å². The number of rotatable bonds is 1. The van der Waals surface area contributed by atoms with Gasteiger partial charge >= 0.3 is 0 Å². The maximum absolute atomic E-state index is 11.4. The summed E-state index contributed by atoms with van der Waals surface area (Å²) in [6, 6.07) is 6.63. The van der Waals surface area contributed by atoms with Crippen LogP contribution in [-0.4, -0.2) is 31.1 Å². The fraction of sp³-hybridized carbons (Fsp3) is 0.200. The van der Waals surface area contributed by atoms with Crippen molar-refractivity contribution in [1.29, 1.82) is 0 Å². The fourth-order valence-electron chi connectivity index (χ4n) is 1.33. The molecule has 6 nitrogen and oxygen atoms in total. The number of carbonyl (C=O) groups excluding carboxylic acids is 2. The molecule has 0 aliphatic carbocycles. The fourth-order valence-corrected chi connectivity index (χ4v) is 1.33. The van der Waals surface area contributed by atoms with E-state index in [1.165, 1.54) is 14.2 Å². The molecule has 16 heavy (non-hydrogen) atoms. The second-order valence-electron chi connectivity index (χ2n) is 2.87. The van der Waals surface area contributed by atoms with Crippen molar-refractivity contribution in [3.05, 3.63) is 35.4 Å². The van der Waals surface area contributed by atoms with Gasteiger partial charge in [0, 0.05) is 0 Å². The van der Waals surface area contributed by atoms with Gasteiger partial charge in [0.25, 0.3) is 11.8 Å². The third kappa shape index (κ3) is 2.08. The molecule has 0 bridgehead atoms. The number of carbonyl (C=O) groups is 2. The van der Waals surface area contributed by atoms with Crippen molar-refractivity contribution < 1.29 is 19.3 Å². The summed E-state index contributed by atoms with van der Waals surface area (Å²) < 4.78 is 0. The molecule has 0 unspecified atom stereocenters. The van der Waals surface area contributed by atoms with E-state index in [-0.39, 0.29) is 0 Å². The van der Waals surface area contributed by atoms with Crippen LogP contribution in [-0.2, 0) is 9.68 Å². The van der Waals surface area contributed by atoms with Gasteiger partial charge in [-0.25, -0.2) is 5.90 Å². The van der Waals surface area contributed by atoms with E-state index >= 15 is 0 Å². The second-order valence-corrected chi connectivity index (χ2v) is 2.87. The Morgan fingerprint density at radius 1 is 1.06 bits per heavy atom. The molecule has 0 spiro atoms. The van der Waals surface area contributed by atoms with E-state index in [9.17, 15) is 9.59 Å². The highest BCUT2D eigenvalue weighted by Crippen LogP contribution is 2.21. The number of amides is 2. The molecule has 0 radical (unpaired) electrons. The highest BCUT2D eigenvalue weighted by molar-refractivity contribution is 6.20. The Balaban J connectivity index is 0.000000386. The van der Waals surface area contributed by atoms with Gasteiger partial charge in [0.15, 0.2) is 0 Å². The standard InChI is InChI=1S/C9H7NO3.CH5NO/c1-13-10-8(11)6-4-2-3-5-7(6)9(10)12;1-3-2/h2-5H,1H3;2H2,1H3. The van der Waals surface area contributed by atoms with Gasteiger partial charge in [-0.1, -0.05) is 12.1 Å². The maximum atomic E-state index is 11.4. The van der Waals surface area contributed by atoms with Crippen molar-refractivity contribution in [2.75, 3.05) is 14.2 Å². The average molecular weight is 224 g/mol. The number of benzene rings is 1. The van der Waals surface area contributed by atoms with Crippen LogP contribution in [0.1, 0.15) is 20.7 Å². The minimum absolute atomic E-state index is 0.398. The summed E-state index contributed by atoms with van der Waals surface area (Å²) in [6.07, 6.45) is 0. The van der Waals surface area contributed by atoms with Crippen molar-refractivity contribution >= 4 is 11.8 Å². The number of hydrogen-bond donors (Lipinski definition) is 1. The SMILES string of the molecule is CON.CON1C(=O)c2ccccc2C1=O. The monoisotopic (exact) mass is 224 g/mol. The van der Waals surface area contributed by atoms with Gasteiger partial charge < -0.3 is 4.84 Å². The van der Waals surface area contributed by atoms with Gasteiger partial charge in [0.1, 0.15) is 0 Å². The first-order valence-corrected chi connectivity index (χ1v) is 4.42. The van der Waals surface area contributed by atoms with Crippen LogP contribution in [0.4, 0.5) is 0 Å². The molecule has 1 heterocycles. The highest BCUT2D eigenvalue weighted by atomic mass is 16.7. The Bertz CT molecular complexity index is 371. The first-order valence-electron chi connectivity index (χ1n) is 4.42. The lowest BCUT2D eigenvalue weighted by molar-refractivity contribution is -0.0645. The normalized spacial score (nSPS) is 13.3. The third-order valence-electron chi connectivity index (χ3n) is 1.94. The van der Waals surface area contributed by atoms with E-state index in [2.05, 4.69) is 15.6 Å². The molecule has 6 heteroatoms. The topological polar surface area (TPSA) is 81.9 Å². The first kappa shape index (κ1) is 12.3. The van der Waals surface area contributed by atoms with Gasteiger partial charge in [-0.05, 0) is 12.1 Å². The number of nitrogens with zero attached hydrogens (tertiary/aromatic N) is 1. The van der Waals surface area contributed by atoms with E-state index in [1.54, 1.807) is 24.3 Å². The molecule has 0 saturated heterocycles. The molecular formula is C10H12N2O4. The van der Waals surface area contributed by atoms with E-state index < -0.39 is 11.8 Å². The number of fused-ring (bicyclic) bond motifs is 1. The smallest absolute Gasteiger partial charge is 0.285 e. The molecule has 0 atom stereocenters. The molecule has 2 rings (SSSR count). The summed E-state index contributed by atoms with van der Waals surface area (Å²) in [5, 5.41) is 0.755. The average Bonchev–Trinajstić information content (AvgIpc) is 2.53. The number of hydroxylamine groups is 2. The zero-order valence-corrected chi connectivity index (χ0v) is 8.97. The van der Waals surface area contributed by atoms with Crippen LogP contribution in [0.25, 0.3) is 0 Å². The summed E-state index contributed by atoms with van der Waals surface area (Å²) in [7, 11) is 2.70. The van der Waals surface area contributed by atoms with E-state index in [0.29, 0.717) is 11.1 Å². The lowest BCUT2D eigenvalue weighted by Crippen LogP contribution is -2.28. The minimum Gasteiger partial charge on any atom is -0.308 e. The van der Waals surface area contributed by atoms with Crippen molar-refractivity contribution in [2.45, 2.75) is 0 Å². The minimum atomic E-state index is -0.400.